The highest BCUT2D eigenvalue weighted by Crippen LogP contribution is 2.25. The Kier molecular flexibility index (Phi) is 36.1. The van der Waals surface area contributed by atoms with Crippen LogP contribution in [-0.4, -0.2) is 247 Å². The molecule has 5 aromatic heterocycles. The molecule has 0 unspecified atom stereocenters. The molecule has 2 amide bonds. The van der Waals surface area contributed by atoms with Gasteiger partial charge in [0.2, 0.25) is 0 Å². The van der Waals surface area contributed by atoms with E-state index in [-0.39, 0.29) is 13.2 Å². The van der Waals surface area contributed by atoms with Crippen molar-refractivity contribution >= 4 is 36.5 Å². The summed E-state index contributed by atoms with van der Waals surface area (Å²) >= 11 is 0. The van der Waals surface area contributed by atoms with Crippen molar-refractivity contribution in [2.45, 2.75) is 107 Å². The van der Waals surface area contributed by atoms with Gasteiger partial charge in [0.1, 0.15) is 0 Å². The van der Waals surface area contributed by atoms with Crippen LogP contribution in [0.4, 0.5) is 9.59 Å². The zero-order valence-electron chi connectivity index (χ0n) is 59.3. The first-order chi connectivity index (χ1) is 46.4. The van der Waals surface area contributed by atoms with Gasteiger partial charge in [-0.1, -0.05) is 27.7 Å². The highest BCUT2D eigenvalue weighted by atomic mass is 16.6. The molecule has 6 rings (SSSR count). The highest BCUT2D eigenvalue weighted by Gasteiger charge is 2.21. The summed E-state index contributed by atoms with van der Waals surface area (Å²) in [5.74, 6) is 0. The first-order valence-corrected chi connectivity index (χ1v) is 34.3. The predicted molar refractivity (Wildman–Crippen MR) is 367 cm³/mol. The third-order valence-electron chi connectivity index (χ3n) is 17.2. The number of carbonyl (C=O) groups excluding carboxylic acids is 2. The summed E-state index contributed by atoms with van der Waals surface area (Å²) in [5, 5.41) is 6.30. The number of aromatic amines is 5. The monoisotopic (exact) mass is 1330 g/mol. The molecule has 5 aromatic rings. The van der Waals surface area contributed by atoms with E-state index in [0.29, 0.717) is 184 Å². The second-order valence-corrected chi connectivity index (χ2v) is 23.3. The molecule has 10 bridgehead atoms. The summed E-state index contributed by atoms with van der Waals surface area (Å²) in [6.07, 6.45) is 14.0. The van der Waals surface area contributed by atoms with Gasteiger partial charge in [-0.2, -0.15) is 0 Å². The van der Waals surface area contributed by atoms with Crippen molar-refractivity contribution < 1.29 is 75.9 Å². The summed E-state index contributed by atoms with van der Waals surface area (Å²) in [6, 6.07) is 0. The van der Waals surface area contributed by atoms with Crippen LogP contribution in [0.1, 0.15) is 119 Å². The Labute approximate surface area is 562 Å². The smallest absolute Gasteiger partial charge is 0.409 e. The lowest BCUT2D eigenvalue weighted by Crippen LogP contribution is -2.37. The normalized spacial score (nSPS) is 12.0. The van der Waals surface area contributed by atoms with E-state index in [1.54, 1.807) is 38.2 Å². The molecule has 1 aliphatic rings. The van der Waals surface area contributed by atoms with E-state index < -0.39 is 12.2 Å². The third kappa shape index (κ3) is 24.2. The van der Waals surface area contributed by atoms with Gasteiger partial charge in [0.05, 0.1) is 156 Å². The number of aromatic nitrogens is 5. The summed E-state index contributed by atoms with van der Waals surface area (Å²) in [5.41, 5.74) is 15.9. The van der Waals surface area contributed by atoms with Crippen molar-refractivity contribution in [3.8, 4) is 0 Å². The number of ether oxygens (including phenoxy) is 14. The van der Waals surface area contributed by atoms with E-state index in [2.05, 4.69) is 105 Å². The van der Waals surface area contributed by atoms with Gasteiger partial charge in [0.25, 0.3) is 0 Å². The van der Waals surface area contributed by atoms with Crippen molar-refractivity contribution in [1.82, 2.24) is 34.7 Å². The Hall–Kier alpha value is -6.06. The lowest BCUT2D eigenvalue weighted by molar-refractivity contribution is 0.00800. The van der Waals surface area contributed by atoms with Crippen LogP contribution in [0.15, 0.2) is 0 Å². The van der Waals surface area contributed by atoms with E-state index in [9.17, 15) is 9.59 Å². The molecule has 5 N–H and O–H groups in total. The standard InChI is InChI=1S/C72H113N7O16/c1-13-55-53(7)69-70-54(8)56(14-2)64(77-70)48-62-52(6)60(20-18-26-95-72(81)79(23-29-88-41-45-92-37-33-84-11)24-30-89-42-46-93-38-34-85-12)68(74-62)50-66-58(16-4)57(15-3)65(75-66)49-67-59(51(5)61(73-67)47-63(55)76-69)19-17-25-94-71(80)78(21-27-86-39-43-90-35-31-82-9)22-28-87-40-44-91-36-32-83-10/h47-50,73-77H,13-46H2,1-12H3. The Morgan fingerprint density at radius 2 is 0.589 bits per heavy atom. The van der Waals surface area contributed by atoms with E-state index in [1.807, 2.05) is 0 Å². The number of nitrogens with one attached hydrogen (secondary N) is 5. The maximum absolute atomic E-state index is 13.9. The maximum atomic E-state index is 13.9. The van der Waals surface area contributed by atoms with Crippen molar-refractivity contribution in [1.29, 1.82) is 0 Å². The van der Waals surface area contributed by atoms with Gasteiger partial charge >= 0.3 is 12.2 Å². The van der Waals surface area contributed by atoms with Crippen molar-refractivity contribution in [3.63, 3.8) is 0 Å². The highest BCUT2D eigenvalue weighted by molar-refractivity contribution is 5.68. The minimum absolute atomic E-state index is 0.211. The molecule has 0 spiro atoms. The Balaban J connectivity index is 1.32. The van der Waals surface area contributed by atoms with Gasteiger partial charge in [0, 0.05) is 98.8 Å². The summed E-state index contributed by atoms with van der Waals surface area (Å²) in [7, 11) is 6.55. The number of fused-ring (bicyclic) bond motifs is 10. The summed E-state index contributed by atoms with van der Waals surface area (Å²) < 4.78 is 78.0. The van der Waals surface area contributed by atoms with Gasteiger partial charge in [-0.3, -0.25) is 0 Å². The Morgan fingerprint density at radius 3 is 0.884 bits per heavy atom. The zero-order valence-corrected chi connectivity index (χ0v) is 59.3. The van der Waals surface area contributed by atoms with Crippen LogP contribution >= 0.6 is 0 Å². The van der Waals surface area contributed by atoms with Crippen LogP contribution in [0.25, 0.3) is 24.3 Å². The lowest BCUT2D eigenvalue weighted by Gasteiger charge is -2.22. The van der Waals surface area contributed by atoms with Crippen molar-refractivity contribution in [2.24, 2.45) is 0 Å². The summed E-state index contributed by atoms with van der Waals surface area (Å²) in [6.45, 7) is 27.9. The fourth-order valence-electron chi connectivity index (χ4n) is 11.9. The maximum Gasteiger partial charge on any atom is 0.409 e. The minimum atomic E-state index is -0.425. The molecule has 95 heavy (non-hydrogen) atoms. The number of methoxy groups -OCH3 is 4. The van der Waals surface area contributed by atoms with E-state index in [0.717, 1.165) is 103 Å². The Bertz CT molecular complexity index is 3160. The Morgan fingerprint density at radius 1 is 0.316 bits per heavy atom. The van der Waals surface area contributed by atoms with E-state index >= 15 is 0 Å². The molecular formula is C72H113N7O16. The third-order valence-corrected chi connectivity index (χ3v) is 17.2. The molecule has 0 atom stereocenters. The van der Waals surface area contributed by atoms with Crippen LogP contribution in [0.2, 0.25) is 0 Å². The largest absolute Gasteiger partial charge is 0.449 e. The molecule has 0 radical (unpaired) electrons. The van der Waals surface area contributed by atoms with Gasteiger partial charge in [0.15, 0.2) is 0 Å². The van der Waals surface area contributed by atoms with Crippen LogP contribution in [0, 0.1) is 38.4 Å². The lowest BCUT2D eigenvalue weighted by atomic mass is 10.0. The molecule has 0 aliphatic carbocycles. The molecule has 6 heterocycles. The predicted octanol–water partition coefficient (Wildman–Crippen LogP) is 6.19. The minimum Gasteiger partial charge on any atom is -0.449 e. The molecule has 1 aliphatic heterocycles. The topological polar surface area (TPSA) is 249 Å². The number of H-pyrrole nitrogens is 5. The average Bonchev–Trinajstić information content (AvgIpc) is 1.62. The van der Waals surface area contributed by atoms with Gasteiger partial charge in [-0.15, -0.1) is 0 Å². The molecule has 23 heteroatoms. The van der Waals surface area contributed by atoms with E-state index in [4.69, 9.17) is 66.3 Å². The fourth-order valence-corrected chi connectivity index (χ4v) is 11.9. The van der Waals surface area contributed by atoms with Crippen molar-refractivity contribution in [2.75, 3.05) is 200 Å². The number of hydrogen-bond donors (Lipinski definition) is 5. The van der Waals surface area contributed by atoms with E-state index in [1.165, 1.54) is 33.4 Å². The number of nitrogens with zero attached hydrogens (tertiary/aromatic N) is 2. The molecule has 0 saturated carbocycles. The first-order valence-electron chi connectivity index (χ1n) is 34.3. The average molecular weight is 1330 g/mol. The van der Waals surface area contributed by atoms with Crippen LogP contribution in [0.5, 0.6) is 0 Å². The number of hydrogen-bond acceptors (Lipinski definition) is 16. The first kappa shape index (κ1) is 77.9. The molecule has 0 fully saturated rings. The molecule has 0 aromatic carbocycles. The molecular weight excluding hydrogens is 1220 g/mol. The quantitative estimate of drug-likeness (QED) is 0.0267. The fraction of sp³-hybridized carbons (Fsp3) is 0.639. The zero-order chi connectivity index (χ0) is 68.2. The van der Waals surface area contributed by atoms with Crippen LogP contribution in [-0.2, 0) is 105 Å². The number of carbonyl (C=O) groups is 2. The molecule has 532 valence electrons. The molecule has 0 saturated heterocycles. The second-order valence-electron chi connectivity index (χ2n) is 23.3. The molecule has 23 nitrogen and oxygen atoms in total. The number of amides is 2. The van der Waals surface area contributed by atoms with Gasteiger partial charge in [-0.05, 0) is 159 Å². The SMILES string of the molecule is CCc1c(CC)c2[nH]c1=Cc1[nH]c(c(C)c1CCCOC(=O)N(CCOCCOCCOC)CCOCCOCCOC)C=c1[nH]c(c(C)c1CC)=c1[nH]c(c(CC)c1C)=Cc1[nH]c(c(CCCOC(=O)N(CCOCCOCCOC)CCOCCOCCOC)c1C)C=2. The van der Waals surface area contributed by atoms with Crippen LogP contribution in [0.3, 0.4) is 0 Å². The summed E-state index contributed by atoms with van der Waals surface area (Å²) in [4.78, 5) is 50.5. The second kappa shape index (κ2) is 44.0. The van der Waals surface area contributed by atoms with Crippen LogP contribution < -0.4 is 21.4 Å². The van der Waals surface area contributed by atoms with Gasteiger partial charge < -0.3 is 101 Å². The van der Waals surface area contributed by atoms with Crippen molar-refractivity contribution in [3.05, 3.63) is 111 Å². The number of rotatable bonds is 48. The van der Waals surface area contributed by atoms with Gasteiger partial charge in [-0.25, -0.2) is 9.59 Å².